The normalized spacial score (nSPS) is 22.0. The number of rotatable bonds is 9. The van der Waals surface area contributed by atoms with Crippen molar-refractivity contribution in [3.8, 4) is 5.75 Å². The van der Waals surface area contributed by atoms with Crippen LogP contribution in [0, 0.1) is 11.2 Å². The van der Waals surface area contributed by atoms with Gasteiger partial charge >= 0.3 is 0 Å². The zero-order valence-corrected chi connectivity index (χ0v) is 23.6. The summed E-state index contributed by atoms with van der Waals surface area (Å²) in [5.74, 6) is -1.70. The van der Waals surface area contributed by atoms with E-state index >= 15 is 4.39 Å². The number of hydrogen-bond acceptors (Lipinski definition) is 9. The van der Waals surface area contributed by atoms with Crippen molar-refractivity contribution in [3.05, 3.63) is 59.4 Å². The first-order chi connectivity index (χ1) is 20.3. The summed E-state index contributed by atoms with van der Waals surface area (Å²) < 4.78 is 51.6. The summed E-state index contributed by atoms with van der Waals surface area (Å²) in [5, 5.41) is 6.21. The Labute approximate surface area is 245 Å². The molecule has 3 fully saturated rings. The summed E-state index contributed by atoms with van der Waals surface area (Å²) >= 11 is 5.94. The molecule has 2 atom stereocenters. The molecule has 0 spiro atoms. The van der Waals surface area contributed by atoms with Gasteiger partial charge in [0, 0.05) is 42.2 Å². The molecule has 0 radical (unpaired) electrons. The maximum absolute atomic E-state index is 15.1. The SMILES string of the molecule is CC1(COc2cc3ncnc(Nc4ccc(F)c(Cl)c4)c3cc2NC(=O)/C(F)=C/CN2C[C@@H]3OCCO[C@@H]3C2)COC1. The number of anilines is 3. The molecular weight excluding hydrogens is 572 g/mol. The number of carbonyl (C=O) groups excluding carboxylic acids is 1. The number of carbonyl (C=O) groups is 1. The molecule has 4 heterocycles. The number of nitrogens with zero attached hydrogens (tertiary/aromatic N) is 3. The summed E-state index contributed by atoms with van der Waals surface area (Å²) in [5.41, 5.74) is 1.07. The first-order valence-electron chi connectivity index (χ1n) is 13.6. The van der Waals surface area contributed by atoms with Gasteiger partial charge in [0.15, 0.2) is 5.83 Å². The second-order valence-corrected chi connectivity index (χ2v) is 11.4. The number of hydrogen-bond donors (Lipinski definition) is 2. The fraction of sp³-hybridized carbons (Fsp3) is 0.414. The maximum Gasteiger partial charge on any atom is 0.284 e. The number of halogens is 3. The molecule has 0 saturated carbocycles. The third-order valence-electron chi connectivity index (χ3n) is 7.43. The second kappa shape index (κ2) is 12.1. The van der Waals surface area contributed by atoms with Gasteiger partial charge in [-0.3, -0.25) is 9.69 Å². The molecule has 2 aromatic carbocycles. The summed E-state index contributed by atoms with van der Waals surface area (Å²) in [6.45, 7) is 5.99. The summed E-state index contributed by atoms with van der Waals surface area (Å²) in [6, 6.07) is 7.46. The predicted molar refractivity (Wildman–Crippen MR) is 152 cm³/mol. The molecule has 3 saturated heterocycles. The standard InChI is InChI=1S/C29H30ClF2N5O5/c1-29(13-39-14-29)15-42-24-10-22-18(27(34-16-33-22)35-17-2-3-20(31)19(30)8-17)9-23(24)36-28(38)21(32)4-5-37-11-25-26(12-37)41-7-6-40-25/h2-4,8-10,16,25-26H,5-7,11-15H2,1H3,(H,36,38)(H,33,34,35)/b21-4-/t25-,26+. The lowest BCUT2D eigenvalue weighted by atomic mass is 9.90. The molecule has 10 nitrogen and oxygen atoms in total. The molecule has 3 aliphatic rings. The molecule has 1 amide bonds. The minimum absolute atomic E-state index is 0.0415. The third kappa shape index (κ3) is 6.32. The molecule has 13 heteroatoms. The lowest BCUT2D eigenvalue weighted by Gasteiger charge is -2.37. The first-order valence-corrected chi connectivity index (χ1v) is 14.0. The smallest absolute Gasteiger partial charge is 0.284 e. The summed E-state index contributed by atoms with van der Waals surface area (Å²) in [6.07, 6.45) is 2.53. The van der Waals surface area contributed by atoms with Crippen molar-refractivity contribution in [3.63, 3.8) is 0 Å². The van der Waals surface area contributed by atoms with Gasteiger partial charge < -0.3 is 29.6 Å². The van der Waals surface area contributed by atoms with Crippen LogP contribution in [0.2, 0.25) is 5.02 Å². The molecule has 0 bridgehead atoms. The molecule has 6 rings (SSSR count). The molecule has 0 aliphatic carbocycles. The Morgan fingerprint density at radius 1 is 1.19 bits per heavy atom. The second-order valence-electron chi connectivity index (χ2n) is 11.0. The van der Waals surface area contributed by atoms with Crippen molar-refractivity contribution < 1.29 is 32.5 Å². The molecular formula is C29H30ClF2N5O5. The van der Waals surface area contributed by atoms with Crippen molar-refractivity contribution in [2.24, 2.45) is 5.41 Å². The Hall–Kier alpha value is -3.42. The number of benzene rings is 2. The van der Waals surface area contributed by atoms with E-state index in [2.05, 4.69) is 20.6 Å². The van der Waals surface area contributed by atoms with Gasteiger partial charge in [-0.1, -0.05) is 18.5 Å². The number of likely N-dealkylation sites (tertiary alicyclic amines) is 1. The van der Waals surface area contributed by atoms with Gasteiger partial charge in [-0.05, 0) is 30.3 Å². The Morgan fingerprint density at radius 3 is 2.64 bits per heavy atom. The van der Waals surface area contributed by atoms with E-state index in [1.165, 1.54) is 30.6 Å². The van der Waals surface area contributed by atoms with Crippen LogP contribution in [0.3, 0.4) is 0 Å². The average Bonchev–Trinajstić information content (AvgIpc) is 3.39. The topological polar surface area (TPSA) is 107 Å². The Balaban J connectivity index is 1.24. The van der Waals surface area contributed by atoms with Crippen LogP contribution in [0.4, 0.5) is 26.0 Å². The van der Waals surface area contributed by atoms with Crippen LogP contribution in [0.15, 0.2) is 48.6 Å². The fourth-order valence-electron chi connectivity index (χ4n) is 5.07. The van der Waals surface area contributed by atoms with Crippen LogP contribution in [-0.4, -0.2) is 85.7 Å². The number of nitrogens with one attached hydrogen (secondary N) is 2. The van der Waals surface area contributed by atoms with Crippen molar-refractivity contribution in [1.29, 1.82) is 0 Å². The van der Waals surface area contributed by atoms with Gasteiger partial charge in [-0.2, -0.15) is 0 Å². The Morgan fingerprint density at radius 2 is 1.95 bits per heavy atom. The van der Waals surface area contributed by atoms with Gasteiger partial charge in [-0.25, -0.2) is 18.7 Å². The van der Waals surface area contributed by atoms with Crippen molar-refractivity contribution in [2.45, 2.75) is 19.1 Å². The monoisotopic (exact) mass is 601 g/mol. The van der Waals surface area contributed by atoms with E-state index in [1.54, 1.807) is 12.1 Å². The molecule has 0 unspecified atom stereocenters. The molecule has 222 valence electrons. The number of ether oxygens (including phenoxy) is 4. The van der Waals surface area contributed by atoms with E-state index in [0.29, 0.717) is 74.3 Å². The largest absolute Gasteiger partial charge is 0.491 e. The highest BCUT2D eigenvalue weighted by molar-refractivity contribution is 6.31. The van der Waals surface area contributed by atoms with E-state index < -0.39 is 17.6 Å². The number of aromatic nitrogens is 2. The summed E-state index contributed by atoms with van der Waals surface area (Å²) in [4.78, 5) is 23.6. The molecule has 3 aromatic rings. The maximum atomic E-state index is 15.1. The predicted octanol–water partition coefficient (Wildman–Crippen LogP) is 4.47. The highest BCUT2D eigenvalue weighted by atomic mass is 35.5. The highest BCUT2D eigenvalue weighted by Gasteiger charge is 2.36. The molecule has 2 N–H and O–H groups in total. The number of amides is 1. The lowest BCUT2D eigenvalue weighted by Crippen LogP contribution is -2.44. The first kappa shape index (κ1) is 28.7. The van der Waals surface area contributed by atoms with E-state index in [-0.39, 0.29) is 34.9 Å². The van der Waals surface area contributed by atoms with E-state index in [1.807, 2.05) is 11.8 Å². The quantitative estimate of drug-likeness (QED) is 0.344. The van der Waals surface area contributed by atoms with Crippen LogP contribution in [-0.2, 0) is 19.0 Å². The highest BCUT2D eigenvalue weighted by Crippen LogP contribution is 2.36. The zero-order valence-electron chi connectivity index (χ0n) is 22.9. The third-order valence-corrected chi connectivity index (χ3v) is 7.72. The molecule has 1 aromatic heterocycles. The van der Waals surface area contributed by atoms with Crippen LogP contribution in [0.25, 0.3) is 10.9 Å². The van der Waals surface area contributed by atoms with Gasteiger partial charge in [0.05, 0.1) is 61.5 Å². The van der Waals surface area contributed by atoms with Gasteiger partial charge in [0.25, 0.3) is 5.91 Å². The van der Waals surface area contributed by atoms with Crippen molar-refractivity contribution in [1.82, 2.24) is 14.9 Å². The zero-order chi connectivity index (χ0) is 29.3. The minimum Gasteiger partial charge on any atom is -0.491 e. The van der Waals surface area contributed by atoms with Crippen LogP contribution < -0.4 is 15.4 Å². The van der Waals surface area contributed by atoms with Crippen LogP contribution in [0.5, 0.6) is 5.75 Å². The minimum atomic E-state index is -0.930. The number of fused-ring (bicyclic) bond motifs is 2. The van der Waals surface area contributed by atoms with Crippen LogP contribution in [0.1, 0.15) is 6.92 Å². The van der Waals surface area contributed by atoms with E-state index in [4.69, 9.17) is 30.5 Å². The Kier molecular flexibility index (Phi) is 8.24. The van der Waals surface area contributed by atoms with Gasteiger partial charge in [-0.15, -0.1) is 0 Å². The van der Waals surface area contributed by atoms with Crippen molar-refractivity contribution >= 4 is 45.6 Å². The summed E-state index contributed by atoms with van der Waals surface area (Å²) in [7, 11) is 0. The molecule has 42 heavy (non-hydrogen) atoms. The van der Waals surface area contributed by atoms with Crippen LogP contribution >= 0.6 is 11.6 Å². The lowest BCUT2D eigenvalue weighted by molar-refractivity contribution is -0.120. The Bertz CT molecular complexity index is 1510. The molecule has 3 aliphatic heterocycles. The fourth-order valence-corrected chi connectivity index (χ4v) is 5.25. The van der Waals surface area contributed by atoms with Crippen molar-refractivity contribution in [2.75, 3.05) is 63.3 Å². The average molecular weight is 602 g/mol. The van der Waals surface area contributed by atoms with E-state index in [9.17, 15) is 9.18 Å². The van der Waals surface area contributed by atoms with E-state index in [0.717, 1.165) is 0 Å². The van der Waals surface area contributed by atoms with Gasteiger partial charge in [0.1, 0.15) is 23.7 Å². The van der Waals surface area contributed by atoms with Gasteiger partial charge in [0.2, 0.25) is 0 Å².